The molecule has 0 amide bonds. The van der Waals surface area contributed by atoms with Gasteiger partial charge in [0.2, 0.25) is 0 Å². The minimum atomic E-state index is -1.98. The van der Waals surface area contributed by atoms with Crippen LogP contribution < -0.4 is 24.8 Å². The van der Waals surface area contributed by atoms with Crippen LogP contribution in [0, 0.1) is 5.92 Å². The van der Waals surface area contributed by atoms with Crippen molar-refractivity contribution < 1.29 is 45.2 Å². The molecule has 0 spiro atoms. The van der Waals surface area contributed by atoms with Gasteiger partial charge in [-0.05, 0) is 0 Å². The monoisotopic (exact) mass is 572 g/mol. The number of benzene rings is 2. The average molecular weight is 575 g/mol. The van der Waals surface area contributed by atoms with Crippen molar-refractivity contribution in [3.63, 3.8) is 0 Å². The van der Waals surface area contributed by atoms with Gasteiger partial charge in [0.05, 0.1) is 0 Å². The van der Waals surface area contributed by atoms with Crippen LogP contribution in [-0.2, 0) is 20.4 Å². The van der Waals surface area contributed by atoms with Gasteiger partial charge in [0, 0.05) is 0 Å². The summed E-state index contributed by atoms with van der Waals surface area (Å²) in [5.74, 6) is 0.658. The third-order valence-electron chi connectivity index (χ3n) is 7.55. The van der Waals surface area contributed by atoms with Crippen molar-refractivity contribution in [2.45, 2.75) is 64.2 Å². The minimum absolute atomic E-state index is 0. The van der Waals surface area contributed by atoms with Crippen molar-refractivity contribution in [3.8, 4) is 0 Å². The van der Waals surface area contributed by atoms with Crippen LogP contribution >= 0.6 is 0 Å². The summed E-state index contributed by atoms with van der Waals surface area (Å²) in [6, 6.07) is 20.6. The maximum Gasteiger partial charge on any atom is -1.00 e. The van der Waals surface area contributed by atoms with Gasteiger partial charge in [0.25, 0.3) is 0 Å². The quantitative estimate of drug-likeness (QED) is 0.482. The molecule has 33 heavy (non-hydrogen) atoms. The van der Waals surface area contributed by atoms with Crippen LogP contribution in [0.1, 0.15) is 67.8 Å². The molecule has 0 saturated carbocycles. The fourth-order valence-electron chi connectivity index (χ4n) is 5.81. The molecule has 0 aliphatic heterocycles. The first kappa shape index (κ1) is 28.6. The summed E-state index contributed by atoms with van der Waals surface area (Å²) in [5, 5.41) is 0. The van der Waals surface area contributed by atoms with Crippen molar-refractivity contribution in [1.82, 2.24) is 0 Å². The SMILES string of the molecule is CCCC1=C(c2ccccc2)c2ccccc2[CH]1[Zr+2]([C]1=C(C)C(C)=C(C)C1C)=[Si](C)C.[Cl-].[Cl-]. The molecule has 0 aromatic heterocycles. The van der Waals surface area contributed by atoms with E-state index in [1.165, 1.54) is 24.0 Å². The van der Waals surface area contributed by atoms with Crippen molar-refractivity contribution in [2.75, 3.05) is 0 Å². The molecule has 2 aliphatic carbocycles. The molecular weight excluding hydrogens is 539 g/mol. The van der Waals surface area contributed by atoms with Crippen molar-refractivity contribution in [3.05, 3.63) is 96.9 Å². The van der Waals surface area contributed by atoms with Gasteiger partial charge in [-0.2, -0.15) is 0 Å². The molecule has 4 rings (SSSR count). The summed E-state index contributed by atoms with van der Waals surface area (Å²) in [5.41, 5.74) is 12.4. The Kier molecular flexibility index (Phi) is 10.3. The third kappa shape index (κ3) is 5.02. The second-order valence-electron chi connectivity index (χ2n) is 9.52. The van der Waals surface area contributed by atoms with E-state index in [-0.39, 0.29) is 30.2 Å². The summed E-state index contributed by atoms with van der Waals surface area (Å²) in [6.45, 7) is 17.3. The number of hydrogen-bond donors (Lipinski definition) is 0. The first-order chi connectivity index (χ1) is 14.9. The molecule has 2 atom stereocenters. The van der Waals surface area contributed by atoms with E-state index in [1.54, 1.807) is 33.4 Å². The largest absolute Gasteiger partial charge is 1.00 e. The fraction of sp³-hybridized carbons (Fsp3) is 0.379. The maximum atomic E-state index is 2.63. The van der Waals surface area contributed by atoms with Crippen molar-refractivity contribution in [1.29, 1.82) is 0 Å². The van der Waals surface area contributed by atoms with Gasteiger partial charge < -0.3 is 24.8 Å². The molecule has 0 bridgehead atoms. The van der Waals surface area contributed by atoms with E-state index in [2.05, 4.69) is 102 Å². The first-order valence-corrected chi connectivity index (χ1v) is 20.7. The van der Waals surface area contributed by atoms with Gasteiger partial charge >= 0.3 is 198 Å². The number of fused-ring (bicyclic) bond motifs is 1. The van der Waals surface area contributed by atoms with E-state index in [0.717, 1.165) is 0 Å². The predicted octanol–water partition coefficient (Wildman–Crippen LogP) is 2.48. The summed E-state index contributed by atoms with van der Waals surface area (Å²) >= 11 is -1.98. The van der Waals surface area contributed by atoms with Crippen LogP contribution in [-0.4, -0.2) is 5.43 Å². The van der Waals surface area contributed by atoms with Crippen molar-refractivity contribution in [2.24, 2.45) is 5.92 Å². The summed E-state index contributed by atoms with van der Waals surface area (Å²) < 4.78 is 2.64. The number of halogens is 2. The van der Waals surface area contributed by atoms with Gasteiger partial charge in [0.1, 0.15) is 0 Å². The molecule has 0 nitrogen and oxygen atoms in total. The first-order valence-electron chi connectivity index (χ1n) is 11.8. The third-order valence-corrected chi connectivity index (χ3v) is 26.3. The fourth-order valence-corrected chi connectivity index (χ4v) is 26.3. The Morgan fingerprint density at radius 2 is 1.45 bits per heavy atom. The Hall–Kier alpha value is -0.660. The van der Waals surface area contributed by atoms with E-state index in [4.69, 9.17) is 0 Å². The zero-order valence-electron chi connectivity index (χ0n) is 21.0. The van der Waals surface area contributed by atoms with Crippen LogP contribution in [0.3, 0.4) is 0 Å². The van der Waals surface area contributed by atoms with E-state index >= 15 is 0 Å². The van der Waals surface area contributed by atoms with E-state index in [0.29, 0.717) is 9.54 Å². The van der Waals surface area contributed by atoms with Gasteiger partial charge in [-0.3, -0.25) is 0 Å². The molecule has 174 valence electrons. The molecule has 2 aliphatic rings. The summed E-state index contributed by atoms with van der Waals surface area (Å²) in [4.78, 5) is 0. The minimum Gasteiger partial charge on any atom is -1.00 e. The Bertz CT molecular complexity index is 1150. The van der Waals surface area contributed by atoms with Crippen LogP contribution in [0.15, 0.2) is 80.2 Å². The zero-order chi connectivity index (χ0) is 22.3. The second kappa shape index (κ2) is 11.9. The van der Waals surface area contributed by atoms with Crippen LogP contribution in [0.4, 0.5) is 0 Å². The van der Waals surface area contributed by atoms with Gasteiger partial charge in [0.15, 0.2) is 0 Å². The topological polar surface area (TPSA) is 0 Å². The molecule has 2 unspecified atom stereocenters. The smallest absolute Gasteiger partial charge is 1.00 e. The standard InChI is InChI=1S/C18H17.C9H13.C2H6Si.2ClH.Zr/c1-2-8-16-13-15-11-6-7-12-17(15)18(16)14-9-4-3-5-10-14;1-6-5-7(2)9(4)8(6)3;1-3-2;;;/h3-7,9-13H,2,8H2,1H3;6H,1-4H3;1-2H3;2*1H;/q;;;;;+2/p-2. The van der Waals surface area contributed by atoms with E-state index < -0.39 is 20.4 Å². The molecule has 2 aromatic carbocycles. The van der Waals surface area contributed by atoms with Crippen LogP contribution in [0.2, 0.25) is 13.1 Å². The Labute approximate surface area is 221 Å². The Balaban J connectivity index is 0.00000193. The van der Waals surface area contributed by atoms with E-state index in [1.807, 2.05) is 3.28 Å². The molecule has 2 aromatic rings. The predicted molar refractivity (Wildman–Crippen MR) is 134 cm³/mol. The summed E-state index contributed by atoms with van der Waals surface area (Å²) in [6.07, 6.45) is 2.46. The normalized spacial score (nSPS) is 19.1. The van der Waals surface area contributed by atoms with E-state index in [9.17, 15) is 0 Å². The summed E-state index contributed by atoms with van der Waals surface area (Å²) in [7, 11) is 0. The van der Waals surface area contributed by atoms with Gasteiger partial charge in [-0.15, -0.1) is 0 Å². The average Bonchev–Trinajstić information content (AvgIpc) is 3.18. The van der Waals surface area contributed by atoms with Crippen LogP contribution in [0.5, 0.6) is 0 Å². The Morgan fingerprint density at radius 3 is 2.00 bits per heavy atom. The maximum absolute atomic E-state index is 2.63. The molecule has 0 radical (unpaired) electrons. The number of allylic oxidation sites excluding steroid dienone is 5. The van der Waals surface area contributed by atoms with Crippen LogP contribution in [0.25, 0.3) is 5.57 Å². The number of hydrogen-bond acceptors (Lipinski definition) is 0. The zero-order valence-corrected chi connectivity index (χ0v) is 26.0. The molecule has 0 saturated heterocycles. The molecule has 0 heterocycles. The second-order valence-corrected chi connectivity index (χ2v) is 26.9. The Morgan fingerprint density at radius 1 is 0.848 bits per heavy atom. The molecule has 0 N–H and O–H groups in total. The van der Waals surface area contributed by atoms with Crippen molar-refractivity contribution >= 4 is 11.0 Å². The molecule has 4 heteroatoms. The molecule has 0 fully saturated rings. The van der Waals surface area contributed by atoms with Gasteiger partial charge in [-0.25, -0.2) is 0 Å². The van der Waals surface area contributed by atoms with Gasteiger partial charge in [-0.1, -0.05) is 0 Å². The molecular formula is C29H36Cl2SiZr. The number of rotatable bonds is 5.